The maximum absolute atomic E-state index is 10.9. The van der Waals surface area contributed by atoms with Crippen LogP contribution in [0.25, 0.3) is 10.9 Å². The molecule has 1 aromatic carbocycles. The van der Waals surface area contributed by atoms with Crippen LogP contribution in [-0.2, 0) is 0 Å². The van der Waals surface area contributed by atoms with Crippen molar-refractivity contribution in [2.24, 2.45) is 0 Å². The number of nitro groups is 1. The minimum absolute atomic E-state index is 0.0133. The molecule has 112 valence electrons. The monoisotopic (exact) mass is 290 g/mol. The number of anilines is 1. The summed E-state index contributed by atoms with van der Waals surface area (Å²) in [6, 6.07) is 4.43. The molecule has 0 saturated carbocycles. The zero-order chi connectivity index (χ0) is 15.5. The van der Waals surface area contributed by atoms with Crippen LogP contribution < -0.4 is 5.32 Å². The number of hydrogen-bond acceptors (Lipinski definition) is 6. The topological polar surface area (TPSA) is 101 Å². The molecular weight excluding hydrogens is 272 g/mol. The summed E-state index contributed by atoms with van der Waals surface area (Å²) in [5.74, 6) is 0.486. The van der Waals surface area contributed by atoms with E-state index in [2.05, 4.69) is 15.3 Å². The SMILES string of the molecule is CCCC(C)(O)CNc1ncnc2ccc([N+](=O)[O-])cc12. The predicted octanol–water partition coefficient (Wildman–Crippen LogP) is 2.50. The Bertz CT molecular complexity index is 658. The second kappa shape index (κ2) is 6.01. The van der Waals surface area contributed by atoms with Gasteiger partial charge in [-0.05, 0) is 19.4 Å². The Labute approximate surface area is 122 Å². The van der Waals surface area contributed by atoms with Crippen molar-refractivity contribution >= 4 is 22.4 Å². The van der Waals surface area contributed by atoms with Crippen LogP contribution in [0.15, 0.2) is 24.5 Å². The summed E-state index contributed by atoms with van der Waals surface area (Å²) in [6.45, 7) is 4.06. The third-order valence-corrected chi connectivity index (χ3v) is 3.25. The molecule has 0 bridgehead atoms. The molecule has 0 aliphatic rings. The van der Waals surface area contributed by atoms with E-state index in [0.29, 0.717) is 29.7 Å². The van der Waals surface area contributed by atoms with Gasteiger partial charge >= 0.3 is 0 Å². The van der Waals surface area contributed by atoms with Gasteiger partial charge < -0.3 is 10.4 Å². The van der Waals surface area contributed by atoms with Gasteiger partial charge in [0.1, 0.15) is 12.1 Å². The predicted molar refractivity (Wildman–Crippen MR) is 80.2 cm³/mol. The van der Waals surface area contributed by atoms with Crippen LogP contribution in [0.4, 0.5) is 11.5 Å². The van der Waals surface area contributed by atoms with E-state index in [9.17, 15) is 15.2 Å². The molecule has 7 nitrogen and oxygen atoms in total. The Kier molecular flexibility index (Phi) is 4.32. The molecule has 0 aliphatic heterocycles. The summed E-state index contributed by atoms with van der Waals surface area (Å²) in [7, 11) is 0. The minimum Gasteiger partial charge on any atom is -0.388 e. The van der Waals surface area contributed by atoms with E-state index in [4.69, 9.17) is 0 Å². The van der Waals surface area contributed by atoms with Crippen LogP contribution in [-0.4, -0.2) is 32.1 Å². The lowest BCUT2D eigenvalue weighted by molar-refractivity contribution is -0.384. The maximum atomic E-state index is 10.9. The van der Waals surface area contributed by atoms with Gasteiger partial charge in [-0.2, -0.15) is 0 Å². The molecule has 0 radical (unpaired) electrons. The van der Waals surface area contributed by atoms with Crippen molar-refractivity contribution in [3.05, 3.63) is 34.6 Å². The average Bonchev–Trinajstić information content (AvgIpc) is 2.44. The quantitative estimate of drug-likeness (QED) is 0.626. The number of nitrogens with zero attached hydrogens (tertiary/aromatic N) is 3. The Morgan fingerprint density at radius 3 is 2.86 bits per heavy atom. The third-order valence-electron chi connectivity index (χ3n) is 3.25. The van der Waals surface area contributed by atoms with Crippen molar-refractivity contribution in [1.29, 1.82) is 0 Å². The second-order valence-electron chi connectivity index (χ2n) is 5.28. The Morgan fingerprint density at radius 1 is 1.43 bits per heavy atom. The van der Waals surface area contributed by atoms with Gasteiger partial charge in [-0.25, -0.2) is 9.97 Å². The Balaban J connectivity index is 2.31. The van der Waals surface area contributed by atoms with E-state index >= 15 is 0 Å². The summed E-state index contributed by atoms with van der Waals surface area (Å²) in [4.78, 5) is 18.6. The molecule has 1 heterocycles. The van der Waals surface area contributed by atoms with E-state index in [0.717, 1.165) is 6.42 Å². The molecule has 1 atom stereocenters. The molecule has 2 aromatic rings. The van der Waals surface area contributed by atoms with Crippen molar-refractivity contribution in [1.82, 2.24) is 9.97 Å². The number of fused-ring (bicyclic) bond motifs is 1. The van der Waals surface area contributed by atoms with Gasteiger partial charge in [-0.15, -0.1) is 0 Å². The van der Waals surface area contributed by atoms with Crippen molar-refractivity contribution in [2.45, 2.75) is 32.3 Å². The van der Waals surface area contributed by atoms with Crippen LogP contribution in [0, 0.1) is 10.1 Å². The fourth-order valence-electron chi connectivity index (χ4n) is 2.20. The molecule has 21 heavy (non-hydrogen) atoms. The molecule has 0 fully saturated rings. The van der Waals surface area contributed by atoms with Crippen molar-refractivity contribution in [3.8, 4) is 0 Å². The van der Waals surface area contributed by atoms with Gasteiger partial charge in [0, 0.05) is 24.1 Å². The van der Waals surface area contributed by atoms with Gasteiger partial charge in [0.2, 0.25) is 0 Å². The first-order valence-corrected chi connectivity index (χ1v) is 6.78. The third kappa shape index (κ3) is 3.63. The van der Waals surface area contributed by atoms with Crippen molar-refractivity contribution in [2.75, 3.05) is 11.9 Å². The lowest BCUT2D eigenvalue weighted by Crippen LogP contribution is -2.33. The number of nitrogens with one attached hydrogen (secondary N) is 1. The summed E-state index contributed by atoms with van der Waals surface area (Å²) in [5.41, 5.74) is -0.249. The molecule has 0 aliphatic carbocycles. The highest BCUT2D eigenvalue weighted by molar-refractivity contribution is 5.90. The van der Waals surface area contributed by atoms with E-state index in [-0.39, 0.29) is 5.69 Å². The second-order valence-corrected chi connectivity index (χ2v) is 5.28. The highest BCUT2D eigenvalue weighted by atomic mass is 16.6. The number of hydrogen-bond donors (Lipinski definition) is 2. The molecule has 1 unspecified atom stereocenters. The number of aliphatic hydroxyl groups is 1. The van der Waals surface area contributed by atoms with E-state index in [1.54, 1.807) is 13.0 Å². The van der Waals surface area contributed by atoms with E-state index in [1.165, 1.54) is 18.5 Å². The standard InChI is InChI=1S/C14H18N4O3/c1-3-6-14(2,19)8-15-13-11-7-10(18(20)21)4-5-12(11)16-9-17-13/h4-5,7,9,19H,3,6,8H2,1-2H3,(H,15,16,17). The maximum Gasteiger partial charge on any atom is 0.270 e. The van der Waals surface area contributed by atoms with Gasteiger partial charge in [-0.3, -0.25) is 10.1 Å². The minimum atomic E-state index is -0.854. The van der Waals surface area contributed by atoms with E-state index < -0.39 is 10.5 Å². The average molecular weight is 290 g/mol. The molecular formula is C14H18N4O3. The van der Waals surface area contributed by atoms with Crippen LogP contribution in [0.2, 0.25) is 0 Å². The largest absolute Gasteiger partial charge is 0.388 e. The Morgan fingerprint density at radius 2 is 2.19 bits per heavy atom. The molecule has 0 saturated heterocycles. The fourth-order valence-corrected chi connectivity index (χ4v) is 2.20. The summed E-state index contributed by atoms with van der Waals surface area (Å²) in [5, 5.41) is 24.7. The highest BCUT2D eigenvalue weighted by Crippen LogP contribution is 2.25. The summed E-state index contributed by atoms with van der Waals surface area (Å²) >= 11 is 0. The van der Waals surface area contributed by atoms with Gasteiger partial charge in [0.15, 0.2) is 0 Å². The zero-order valence-electron chi connectivity index (χ0n) is 12.0. The van der Waals surface area contributed by atoms with Crippen LogP contribution in [0.5, 0.6) is 0 Å². The fraction of sp³-hybridized carbons (Fsp3) is 0.429. The molecule has 0 amide bonds. The van der Waals surface area contributed by atoms with Gasteiger partial charge in [0.05, 0.1) is 16.0 Å². The normalized spacial score (nSPS) is 13.9. The van der Waals surface area contributed by atoms with Crippen molar-refractivity contribution < 1.29 is 10.0 Å². The molecule has 1 aromatic heterocycles. The highest BCUT2D eigenvalue weighted by Gasteiger charge is 2.19. The van der Waals surface area contributed by atoms with Crippen LogP contribution >= 0.6 is 0 Å². The number of rotatable bonds is 6. The summed E-state index contributed by atoms with van der Waals surface area (Å²) < 4.78 is 0. The van der Waals surface area contributed by atoms with Crippen LogP contribution in [0.3, 0.4) is 0 Å². The molecule has 0 spiro atoms. The Hall–Kier alpha value is -2.28. The number of non-ortho nitro benzene ring substituents is 1. The number of nitro benzene ring substituents is 1. The molecule has 2 N–H and O–H groups in total. The van der Waals surface area contributed by atoms with Gasteiger partial charge in [-0.1, -0.05) is 13.3 Å². The lowest BCUT2D eigenvalue weighted by atomic mass is 10.0. The smallest absolute Gasteiger partial charge is 0.270 e. The van der Waals surface area contributed by atoms with Crippen LogP contribution in [0.1, 0.15) is 26.7 Å². The number of benzene rings is 1. The lowest BCUT2D eigenvalue weighted by Gasteiger charge is -2.23. The van der Waals surface area contributed by atoms with Crippen molar-refractivity contribution in [3.63, 3.8) is 0 Å². The van der Waals surface area contributed by atoms with Gasteiger partial charge in [0.25, 0.3) is 5.69 Å². The molecule has 7 heteroatoms. The number of aromatic nitrogens is 2. The molecule has 2 rings (SSSR count). The van der Waals surface area contributed by atoms with E-state index in [1.807, 2.05) is 6.92 Å². The first-order valence-electron chi connectivity index (χ1n) is 6.78. The zero-order valence-corrected chi connectivity index (χ0v) is 12.0. The summed E-state index contributed by atoms with van der Waals surface area (Å²) in [6.07, 6.45) is 2.92. The first kappa shape index (κ1) is 15.1. The first-order chi connectivity index (χ1) is 9.93.